The molecule has 0 fully saturated rings. The molecule has 0 bridgehead atoms. The predicted molar refractivity (Wildman–Crippen MR) is 67.5 cm³/mol. The summed E-state index contributed by atoms with van der Waals surface area (Å²) in [6.45, 7) is 17.0. The molecule has 2 heteroatoms. The minimum Gasteiger partial charge on any atom is -0.267 e. The third-order valence-electron chi connectivity index (χ3n) is 2.45. The molecule has 0 N–H and O–H groups in total. The van der Waals surface area contributed by atoms with Crippen molar-refractivity contribution in [2.75, 3.05) is 0 Å². The molecule has 1 rings (SSSR count). The Kier molecular flexibility index (Phi) is 5.63. The van der Waals surface area contributed by atoms with Crippen molar-refractivity contribution in [2.24, 2.45) is 0 Å². The maximum atomic E-state index is 4.55. The van der Waals surface area contributed by atoms with E-state index in [2.05, 4.69) is 51.3 Å². The maximum Gasteiger partial charge on any atom is 0.0631 e. The minimum absolute atomic E-state index is 0.464. The highest BCUT2D eigenvalue weighted by molar-refractivity contribution is 5.27. The van der Waals surface area contributed by atoms with Crippen LogP contribution < -0.4 is 0 Å². The second-order valence-corrected chi connectivity index (χ2v) is 4.28. The molecular formula is C13H26N2. The van der Waals surface area contributed by atoms with Crippen LogP contribution in [-0.2, 0) is 0 Å². The minimum atomic E-state index is 0.464. The lowest BCUT2D eigenvalue weighted by atomic mass is 10.0. The highest BCUT2D eigenvalue weighted by Crippen LogP contribution is 2.24. The standard InChI is InChI=1S/C11H20N2.C2H6/c1-7(2)11-9(5)12-13(8(3)4)10(11)6;1-2/h7-8H,1-6H3;1-2H3. The van der Waals surface area contributed by atoms with E-state index in [-0.39, 0.29) is 0 Å². The van der Waals surface area contributed by atoms with Crippen LogP contribution in [0, 0.1) is 13.8 Å². The van der Waals surface area contributed by atoms with Gasteiger partial charge in [0, 0.05) is 11.7 Å². The molecule has 0 radical (unpaired) electrons. The van der Waals surface area contributed by atoms with Crippen molar-refractivity contribution in [1.82, 2.24) is 9.78 Å². The quantitative estimate of drug-likeness (QED) is 0.714. The van der Waals surface area contributed by atoms with Gasteiger partial charge in [-0.25, -0.2) is 0 Å². The first-order chi connectivity index (χ1) is 6.95. The summed E-state index contributed by atoms with van der Waals surface area (Å²) < 4.78 is 2.12. The van der Waals surface area contributed by atoms with E-state index in [1.807, 2.05) is 13.8 Å². The summed E-state index contributed by atoms with van der Waals surface area (Å²) in [5.41, 5.74) is 3.91. The molecule has 0 spiro atoms. The summed E-state index contributed by atoms with van der Waals surface area (Å²) in [5, 5.41) is 4.55. The topological polar surface area (TPSA) is 17.8 Å². The zero-order valence-corrected chi connectivity index (χ0v) is 11.5. The maximum absolute atomic E-state index is 4.55. The summed E-state index contributed by atoms with van der Waals surface area (Å²) in [6, 6.07) is 0.464. The fourth-order valence-corrected chi connectivity index (χ4v) is 2.01. The molecule has 0 aromatic carbocycles. The van der Waals surface area contributed by atoms with Gasteiger partial charge in [0.25, 0.3) is 0 Å². The SMILES string of the molecule is CC.Cc1nn(C(C)C)c(C)c1C(C)C. The van der Waals surface area contributed by atoms with Crippen LogP contribution in [0.3, 0.4) is 0 Å². The lowest BCUT2D eigenvalue weighted by Gasteiger charge is -2.09. The molecule has 1 heterocycles. The lowest BCUT2D eigenvalue weighted by molar-refractivity contribution is 0.515. The van der Waals surface area contributed by atoms with E-state index in [0.717, 1.165) is 0 Å². The molecular weight excluding hydrogens is 184 g/mol. The molecule has 0 unspecified atom stereocenters. The number of aryl methyl sites for hydroxylation is 1. The second-order valence-electron chi connectivity index (χ2n) is 4.28. The molecule has 1 aromatic rings. The molecule has 0 amide bonds. The Morgan fingerprint density at radius 1 is 1.00 bits per heavy atom. The van der Waals surface area contributed by atoms with Gasteiger partial charge in [0.15, 0.2) is 0 Å². The first-order valence-corrected chi connectivity index (χ1v) is 6.00. The first kappa shape index (κ1) is 14.2. The largest absolute Gasteiger partial charge is 0.267 e. The fraction of sp³-hybridized carbons (Fsp3) is 0.769. The summed E-state index contributed by atoms with van der Waals surface area (Å²) in [4.78, 5) is 0. The predicted octanol–water partition coefficient (Wildman–Crippen LogP) is 4.23. The van der Waals surface area contributed by atoms with Crippen LogP contribution in [0.5, 0.6) is 0 Å². The fourth-order valence-electron chi connectivity index (χ4n) is 2.01. The molecule has 0 aliphatic rings. The van der Waals surface area contributed by atoms with E-state index < -0.39 is 0 Å². The Morgan fingerprint density at radius 3 is 1.67 bits per heavy atom. The summed E-state index contributed by atoms with van der Waals surface area (Å²) >= 11 is 0. The van der Waals surface area contributed by atoms with Gasteiger partial charge in [-0.2, -0.15) is 5.10 Å². The van der Waals surface area contributed by atoms with Crippen LogP contribution in [0.4, 0.5) is 0 Å². The highest BCUT2D eigenvalue weighted by atomic mass is 15.3. The second kappa shape index (κ2) is 5.94. The van der Waals surface area contributed by atoms with Crippen molar-refractivity contribution >= 4 is 0 Å². The van der Waals surface area contributed by atoms with Gasteiger partial charge in [0.1, 0.15) is 0 Å². The Labute approximate surface area is 94.7 Å². The van der Waals surface area contributed by atoms with Crippen molar-refractivity contribution in [3.8, 4) is 0 Å². The van der Waals surface area contributed by atoms with Crippen molar-refractivity contribution in [1.29, 1.82) is 0 Å². The number of rotatable bonds is 2. The molecule has 0 atom stereocenters. The van der Waals surface area contributed by atoms with E-state index in [4.69, 9.17) is 0 Å². The van der Waals surface area contributed by atoms with Crippen molar-refractivity contribution < 1.29 is 0 Å². The molecule has 15 heavy (non-hydrogen) atoms. The van der Waals surface area contributed by atoms with Gasteiger partial charge in [0.05, 0.1) is 5.69 Å². The van der Waals surface area contributed by atoms with Crippen LogP contribution in [0.25, 0.3) is 0 Å². The Balaban J connectivity index is 0.000000921. The van der Waals surface area contributed by atoms with Crippen molar-refractivity contribution in [3.63, 3.8) is 0 Å². The van der Waals surface area contributed by atoms with Gasteiger partial charge in [-0.05, 0) is 39.2 Å². The van der Waals surface area contributed by atoms with E-state index >= 15 is 0 Å². The molecule has 88 valence electrons. The molecule has 0 aliphatic carbocycles. The highest BCUT2D eigenvalue weighted by Gasteiger charge is 2.15. The first-order valence-electron chi connectivity index (χ1n) is 6.00. The van der Waals surface area contributed by atoms with Gasteiger partial charge in [-0.15, -0.1) is 0 Å². The van der Waals surface area contributed by atoms with E-state index in [0.29, 0.717) is 12.0 Å². The average molecular weight is 210 g/mol. The van der Waals surface area contributed by atoms with E-state index in [9.17, 15) is 0 Å². The number of aromatic nitrogens is 2. The van der Waals surface area contributed by atoms with Crippen LogP contribution >= 0.6 is 0 Å². The molecule has 1 aromatic heterocycles. The summed E-state index contributed by atoms with van der Waals surface area (Å²) in [6.07, 6.45) is 0. The number of hydrogen-bond donors (Lipinski definition) is 0. The Morgan fingerprint density at radius 2 is 1.47 bits per heavy atom. The van der Waals surface area contributed by atoms with Crippen molar-refractivity contribution in [2.45, 2.75) is 67.3 Å². The van der Waals surface area contributed by atoms with Crippen LogP contribution in [0.1, 0.15) is 70.5 Å². The van der Waals surface area contributed by atoms with Gasteiger partial charge in [-0.3, -0.25) is 4.68 Å². The van der Waals surface area contributed by atoms with Gasteiger partial charge in [-0.1, -0.05) is 27.7 Å². The number of hydrogen-bond acceptors (Lipinski definition) is 1. The zero-order valence-electron chi connectivity index (χ0n) is 11.5. The smallest absolute Gasteiger partial charge is 0.0631 e. The summed E-state index contributed by atoms with van der Waals surface area (Å²) in [5.74, 6) is 0.576. The third kappa shape index (κ3) is 3.08. The van der Waals surface area contributed by atoms with E-state index in [1.54, 1.807) is 0 Å². The Bertz CT molecular complexity index is 296. The molecule has 0 saturated heterocycles. The number of nitrogens with zero attached hydrogens (tertiary/aromatic N) is 2. The monoisotopic (exact) mass is 210 g/mol. The average Bonchev–Trinajstić information content (AvgIpc) is 2.45. The van der Waals surface area contributed by atoms with E-state index in [1.165, 1.54) is 17.0 Å². The zero-order chi connectivity index (χ0) is 12.2. The molecule has 2 nitrogen and oxygen atoms in total. The Hall–Kier alpha value is -0.790. The van der Waals surface area contributed by atoms with Gasteiger partial charge < -0.3 is 0 Å². The van der Waals surface area contributed by atoms with Gasteiger partial charge in [0.2, 0.25) is 0 Å². The molecule has 0 aliphatic heterocycles. The van der Waals surface area contributed by atoms with Crippen LogP contribution in [0.15, 0.2) is 0 Å². The lowest BCUT2D eigenvalue weighted by Crippen LogP contribution is -2.05. The normalized spacial score (nSPS) is 10.5. The van der Waals surface area contributed by atoms with Crippen molar-refractivity contribution in [3.05, 3.63) is 17.0 Å². The van der Waals surface area contributed by atoms with Gasteiger partial charge >= 0.3 is 0 Å². The van der Waals surface area contributed by atoms with Crippen LogP contribution in [-0.4, -0.2) is 9.78 Å². The van der Waals surface area contributed by atoms with Crippen LogP contribution in [0.2, 0.25) is 0 Å². The third-order valence-corrected chi connectivity index (χ3v) is 2.45. The summed E-state index contributed by atoms with van der Waals surface area (Å²) in [7, 11) is 0. The molecule has 0 saturated carbocycles.